The smallest absolute Gasteiger partial charge is 0.307 e. The summed E-state index contributed by atoms with van der Waals surface area (Å²) in [6.45, 7) is 4.58. The van der Waals surface area contributed by atoms with Crippen molar-refractivity contribution in [3.05, 3.63) is 12.2 Å². The molecule has 0 spiro atoms. The van der Waals surface area contributed by atoms with Crippen molar-refractivity contribution in [2.45, 2.75) is 162 Å². The Bertz CT molecular complexity index is 500. The number of aliphatic carboxylic acids is 1. The average Bonchev–Trinajstić information content (AvgIpc) is 2.84. The Labute approximate surface area is 217 Å². The van der Waals surface area contributed by atoms with Crippen LogP contribution in [0.2, 0.25) is 0 Å². The van der Waals surface area contributed by atoms with Gasteiger partial charge in [0, 0.05) is 0 Å². The zero-order valence-corrected chi connectivity index (χ0v) is 23.4. The second-order valence-electron chi connectivity index (χ2n) is 10.3. The van der Waals surface area contributed by atoms with Gasteiger partial charge in [0.15, 0.2) is 0 Å². The van der Waals surface area contributed by atoms with Crippen molar-refractivity contribution in [1.82, 2.24) is 0 Å². The normalized spacial score (nSPS) is 12.3. The molecule has 206 valence electrons. The molecular formula is C31H58O4. The molecule has 0 aromatic rings. The van der Waals surface area contributed by atoms with Crippen LogP contribution < -0.4 is 0 Å². The Kier molecular flexibility index (Phi) is 26.2. The Morgan fingerprint density at radius 3 is 1.49 bits per heavy atom. The summed E-state index contributed by atoms with van der Waals surface area (Å²) in [6.07, 6.45) is 32.1. The Morgan fingerprint density at radius 1 is 0.629 bits per heavy atom. The third-order valence-electron chi connectivity index (χ3n) is 6.79. The molecule has 0 fully saturated rings. The van der Waals surface area contributed by atoms with Gasteiger partial charge in [0.1, 0.15) is 0 Å². The molecule has 0 saturated carbocycles. The van der Waals surface area contributed by atoms with E-state index < -0.39 is 11.9 Å². The molecule has 0 radical (unpaired) electrons. The summed E-state index contributed by atoms with van der Waals surface area (Å²) in [5.74, 6) is -1.85. The first-order chi connectivity index (χ1) is 17.1. The number of esters is 1. The molecule has 0 amide bonds. The van der Waals surface area contributed by atoms with Gasteiger partial charge in [-0.1, -0.05) is 129 Å². The van der Waals surface area contributed by atoms with Gasteiger partial charge >= 0.3 is 11.9 Å². The van der Waals surface area contributed by atoms with Crippen molar-refractivity contribution in [3.8, 4) is 0 Å². The minimum absolute atomic E-state index is 0.00525. The SMILES string of the molecule is CCCCCCCC/C=C/CCCCCCCCCCCCCCC(CC(=O)OCCC)C(=O)O. The van der Waals surface area contributed by atoms with Crippen LogP contribution in [-0.2, 0) is 14.3 Å². The first-order valence-corrected chi connectivity index (χ1v) is 15.1. The van der Waals surface area contributed by atoms with E-state index in [2.05, 4.69) is 19.1 Å². The lowest BCUT2D eigenvalue weighted by molar-refractivity contribution is -0.151. The Balaban J connectivity index is 3.37. The van der Waals surface area contributed by atoms with Crippen LogP contribution in [0.3, 0.4) is 0 Å². The van der Waals surface area contributed by atoms with E-state index in [0.717, 1.165) is 19.3 Å². The molecule has 0 bridgehead atoms. The number of unbranched alkanes of at least 4 members (excludes halogenated alkanes) is 18. The van der Waals surface area contributed by atoms with E-state index in [9.17, 15) is 14.7 Å². The molecule has 1 unspecified atom stereocenters. The van der Waals surface area contributed by atoms with Gasteiger partial charge in [-0.2, -0.15) is 0 Å². The first-order valence-electron chi connectivity index (χ1n) is 15.1. The van der Waals surface area contributed by atoms with Crippen molar-refractivity contribution in [1.29, 1.82) is 0 Å². The summed E-state index contributed by atoms with van der Waals surface area (Å²) in [4.78, 5) is 23.0. The lowest BCUT2D eigenvalue weighted by Gasteiger charge is -2.11. The number of carbonyl (C=O) groups is 2. The number of ether oxygens (including phenoxy) is 1. The topological polar surface area (TPSA) is 63.6 Å². The van der Waals surface area contributed by atoms with Crippen LogP contribution in [0.5, 0.6) is 0 Å². The molecule has 4 nitrogen and oxygen atoms in total. The second-order valence-corrected chi connectivity index (χ2v) is 10.3. The zero-order valence-electron chi connectivity index (χ0n) is 23.4. The number of carboxylic acid groups (broad SMARTS) is 1. The highest BCUT2D eigenvalue weighted by molar-refractivity contribution is 5.78. The molecule has 0 aliphatic carbocycles. The number of carboxylic acids is 1. The molecular weight excluding hydrogens is 436 g/mol. The van der Waals surface area contributed by atoms with Crippen molar-refractivity contribution >= 4 is 11.9 Å². The van der Waals surface area contributed by atoms with E-state index in [0.29, 0.717) is 13.0 Å². The highest BCUT2D eigenvalue weighted by Crippen LogP contribution is 2.17. The van der Waals surface area contributed by atoms with Crippen LogP contribution in [-0.4, -0.2) is 23.7 Å². The molecule has 0 rings (SSSR count). The predicted molar refractivity (Wildman–Crippen MR) is 149 cm³/mol. The molecule has 4 heteroatoms. The van der Waals surface area contributed by atoms with Gasteiger partial charge in [-0.25, -0.2) is 0 Å². The minimum Gasteiger partial charge on any atom is -0.481 e. The maximum Gasteiger partial charge on any atom is 0.307 e. The molecule has 0 aliphatic heterocycles. The summed E-state index contributed by atoms with van der Waals surface area (Å²) < 4.78 is 5.02. The summed E-state index contributed by atoms with van der Waals surface area (Å²) >= 11 is 0. The number of allylic oxidation sites excluding steroid dienone is 2. The van der Waals surface area contributed by atoms with Crippen LogP contribution in [0.25, 0.3) is 0 Å². The monoisotopic (exact) mass is 494 g/mol. The van der Waals surface area contributed by atoms with E-state index in [1.54, 1.807) is 0 Å². The fourth-order valence-corrected chi connectivity index (χ4v) is 4.49. The molecule has 1 N–H and O–H groups in total. The third kappa shape index (κ3) is 25.6. The maximum atomic E-state index is 11.7. The van der Waals surface area contributed by atoms with Crippen LogP contribution in [0, 0.1) is 5.92 Å². The highest BCUT2D eigenvalue weighted by Gasteiger charge is 2.21. The van der Waals surface area contributed by atoms with Gasteiger partial charge in [-0.15, -0.1) is 0 Å². The van der Waals surface area contributed by atoms with Gasteiger partial charge < -0.3 is 9.84 Å². The second kappa shape index (κ2) is 27.3. The van der Waals surface area contributed by atoms with E-state index >= 15 is 0 Å². The van der Waals surface area contributed by atoms with E-state index in [4.69, 9.17) is 4.74 Å². The van der Waals surface area contributed by atoms with Gasteiger partial charge in [0.2, 0.25) is 0 Å². The van der Waals surface area contributed by atoms with Crippen molar-refractivity contribution in [3.63, 3.8) is 0 Å². The van der Waals surface area contributed by atoms with Crippen molar-refractivity contribution in [2.75, 3.05) is 6.61 Å². The lowest BCUT2D eigenvalue weighted by atomic mass is 9.97. The average molecular weight is 495 g/mol. The maximum absolute atomic E-state index is 11.7. The molecule has 0 aliphatic rings. The number of rotatable bonds is 27. The number of carbonyl (C=O) groups excluding carboxylic acids is 1. The van der Waals surface area contributed by atoms with Gasteiger partial charge in [0.05, 0.1) is 18.9 Å². The zero-order chi connectivity index (χ0) is 25.8. The Morgan fingerprint density at radius 2 is 1.06 bits per heavy atom. The summed E-state index contributed by atoms with van der Waals surface area (Å²) in [7, 11) is 0. The first kappa shape index (κ1) is 33.7. The van der Waals surface area contributed by atoms with Crippen LogP contribution in [0.15, 0.2) is 12.2 Å². The Hall–Kier alpha value is -1.32. The summed E-state index contributed by atoms with van der Waals surface area (Å²) in [6, 6.07) is 0. The standard InChI is InChI=1S/C31H58O4/c1-3-5-6-7-8-9-10-11-12-13-14-15-16-17-18-19-20-21-22-23-24-25-26-29(31(33)34)28-30(32)35-27-4-2/h11-12,29H,3-10,13-28H2,1-2H3,(H,33,34)/b12-11+. The molecule has 0 aromatic carbocycles. The van der Waals surface area contributed by atoms with Crippen LogP contribution in [0.1, 0.15) is 162 Å². The van der Waals surface area contributed by atoms with E-state index in [-0.39, 0.29) is 12.4 Å². The minimum atomic E-state index is -0.876. The van der Waals surface area contributed by atoms with Crippen LogP contribution >= 0.6 is 0 Å². The van der Waals surface area contributed by atoms with E-state index in [1.165, 1.54) is 116 Å². The van der Waals surface area contributed by atoms with Gasteiger partial charge in [-0.05, 0) is 38.5 Å². The quantitative estimate of drug-likeness (QED) is 0.0701. The predicted octanol–water partition coefficient (Wildman–Crippen LogP) is 9.80. The fourth-order valence-electron chi connectivity index (χ4n) is 4.49. The molecule has 0 aromatic heterocycles. The molecule has 0 heterocycles. The van der Waals surface area contributed by atoms with Gasteiger partial charge in [0.25, 0.3) is 0 Å². The molecule has 0 saturated heterocycles. The largest absolute Gasteiger partial charge is 0.481 e. The van der Waals surface area contributed by atoms with Crippen molar-refractivity contribution < 1.29 is 19.4 Å². The van der Waals surface area contributed by atoms with E-state index in [1.807, 2.05) is 6.92 Å². The summed E-state index contributed by atoms with van der Waals surface area (Å²) in [5.41, 5.74) is 0. The fraction of sp³-hybridized carbons (Fsp3) is 0.871. The molecule has 35 heavy (non-hydrogen) atoms. The van der Waals surface area contributed by atoms with Gasteiger partial charge in [-0.3, -0.25) is 9.59 Å². The highest BCUT2D eigenvalue weighted by atomic mass is 16.5. The third-order valence-corrected chi connectivity index (χ3v) is 6.79. The number of hydrogen-bond donors (Lipinski definition) is 1. The number of hydrogen-bond acceptors (Lipinski definition) is 3. The van der Waals surface area contributed by atoms with Crippen LogP contribution in [0.4, 0.5) is 0 Å². The van der Waals surface area contributed by atoms with Crippen molar-refractivity contribution in [2.24, 2.45) is 5.92 Å². The lowest BCUT2D eigenvalue weighted by Crippen LogP contribution is -2.19. The molecule has 1 atom stereocenters. The summed E-state index contributed by atoms with van der Waals surface area (Å²) in [5, 5.41) is 9.31.